The lowest BCUT2D eigenvalue weighted by Crippen LogP contribution is -2.45. The molecule has 1 saturated heterocycles. The van der Waals surface area contributed by atoms with Crippen LogP contribution in [-0.2, 0) is 9.53 Å². The van der Waals surface area contributed by atoms with Crippen LogP contribution in [0.1, 0.15) is 33.3 Å². The number of nitrogens with one attached hydrogen (secondary N) is 1. The molecule has 0 radical (unpaired) electrons. The van der Waals surface area contributed by atoms with E-state index in [9.17, 15) is 4.79 Å². The molecule has 5 heteroatoms. The van der Waals surface area contributed by atoms with Crippen molar-refractivity contribution in [3.8, 4) is 0 Å². The van der Waals surface area contributed by atoms with Crippen LogP contribution in [-0.4, -0.2) is 43.8 Å². The van der Waals surface area contributed by atoms with E-state index in [0.717, 1.165) is 30.2 Å². The fourth-order valence-electron chi connectivity index (χ4n) is 3.81. The number of ether oxygens (including phenoxy) is 1. The summed E-state index contributed by atoms with van der Waals surface area (Å²) in [5, 5.41) is 3.03. The Morgan fingerprint density at radius 2 is 1.66 bits per heavy atom. The number of morpholine rings is 1. The van der Waals surface area contributed by atoms with Gasteiger partial charge in [-0.3, -0.25) is 4.79 Å². The van der Waals surface area contributed by atoms with Gasteiger partial charge in [0.1, 0.15) is 0 Å². The van der Waals surface area contributed by atoms with Gasteiger partial charge in [0.15, 0.2) is 0 Å². The molecule has 3 rings (SSSR count). The first kappa shape index (κ1) is 21.2. The summed E-state index contributed by atoms with van der Waals surface area (Å²) in [6, 6.07) is 16.6. The van der Waals surface area contributed by atoms with E-state index in [0.29, 0.717) is 6.54 Å². The molecule has 1 heterocycles. The maximum absolute atomic E-state index is 12.7. The van der Waals surface area contributed by atoms with Crippen molar-refractivity contribution >= 4 is 23.0 Å². The SMILES string of the molecule is Cc1ccc(N(CC(=O)Nc2ccc(N3CC(C)OC(C)C3)cc2)C(C)C)cc1. The molecule has 0 aromatic heterocycles. The average Bonchev–Trinajstić information content (AvgIpc) is 2.66. The minimum absolute atomic E-state index is 0.0133. The largest absolute Gasteiger partial charge is 0.372 e. The second kappa shape index (κ2) is 9.31. The van der Waals surface area contributed by atoms with Gasteiger partial charge in [-0.25, -0.2) is 0 Å². The van der Waals surface area contributed by atoms with Crippen LogP contribution in [0.4, 0.5) is 17.1 Å². The van der Waals surface area contributed by atoms with Crippen molar-refractivity contribution < 1.29 is 9.53 Å². The summed E-state index contributed by atoms with van der Waals surface area (Å²) in [5.74, 6) is -0.0133. The predicted octanol–water partition coefficient (Wildman–Crippen LogP) is 4.46. The molecule has 1 N–H and O–H groups in total. The zero-order chi connectivity index (χ0) is 21.0. The van der Waals surface area contributed by atoms with Crippen molar-refractivity contribution in [3.63, 3.8) is 0 Å². The van der Waals surface area contributed by atoms with E-state index in [4.69, 9.17) is 4.74 Å². The third-order valence-corrected chi connectivity index (χ3v) is 5.24. The number of nitrogens with zero attached hydrogens (tertiary/aromatic N) is 2. The Labute approximate surface area is 174 Å². The summed E-state index contributed by atoms with van der Waals surface area (Å²) in [6.45, 7) is 12.6. The third kappa shape index (κ3) is 5.73. The van der Waals surface area contributed by atoms with Gasteiger partial charge in [-0.05, 0) is 71.0 Å². The predicted molar refractivity (Wildman–Crippen MR) is 121 cm³/mol. The third-order valence-electron chi connectivity index (χ3n) is 5.24. The summed E-state index contributed by atoms with van der Waals surface area (Å²) < 4.78 is 5.81. The van der Waals surface area contributed by atoms with E-state index < -0.39 is 0 Å². The molecule has 2 unspecified atom stereocenters. The molecule has 1 fully saturated rings. The average molecular weight is 396 g/mol. The maximum atomic E-state index is 12.7. The fraction of sp³-hybridized carbons (Fsp3) is 0.458. The van der Waals surface area contributed by atoms with Crippen molar-refractivity contribution in [2.24, 2.45) is 0 Å². The van der Waals surface area contributed by atoms with Crippen molar-refractivity contribution in [3.05, 3.63) is 54.1 Å². The van der Waals surface area contributed by atoms with Gasteiger partial charge < -0.3 is 19.9 Å². The number of hydrogen-bond acceptors (Lipinski definition) is 4. The molecule has 1 aliphatic rings. The van der Waals surface area contributed by atoms with E-state index in [2.05, 4.69) is 86.1 Å². The van der Waals surface area contributed by atoms with Gasteiger partial charge in [-0.1, -0.05) is 17.7 Å². The van der Waals surface area contributed by atoms with Gasteiger partial charge in [-0.2, -0.15) is 0 Å². The number of hydrogen-bond donors (Lipinski definition) is 1. The number of carbonyl (C=O) groups excluding carboxylic acids is 1. The minimum Gasteiger partial charge on any atom is -0.372 e. The number of rotatable bonds is 6. The summed E-state index contributed by atoms with van der Waals surface area (Å²) in [4.78, 5) is 17.1. The van der Waals surface area contributed by atoms with Crippen LogP contribution >= 0.6 is 0 Å². The summed E-state index contributed by atoms with van der Waals surface area (Å²) in [6.07, 6.45) is 0.448. The van der Waals surface area contributed by atoms with E-state index in [1.54, 1.807) is 0 Å². The first-order valence-corrected chi connectivity index (χ1v) is 10.5. The summed E-state index contributed by atoms with van der Waals surface area (Å²) >= 11 is 0. The highest BCUT2D eigenvalue weighted by Crippen LogP contribution is 2.23. The van der Waals surface area contributed by atoms with Crippen LogP contribution < -0.4 is 15.1 Å². The minimum atomic E-state index is -0.0133. The zero-order valence-corrected chi connectivity index (χ0v) is 18.2. The molecular weight excluding hydrogens is 362 g/mol. The van der Waals surface area contributed by atoms with Gasteiger partial charge in [-0.15, -0.1) is 0 Å². The molecule has 2 atom stereocenters. The molecule has 0 saturated carbocycles. The quantitative estimate of drug-likeness (QED) is 0.784. The Morgan fingerprint density at radius 3 is 2.21 bits per heavy atom. The van der Waals surface area contributed by atoms with Crippen LogP contribution in [0, 0.1) is 6.92 Å². The van der Waals surface area contributed by atoms with Crippen molar-refractivity contribution in [1.82, 2.24) is 0 Å². The van der Waals surface area contributed by atoms with Gasteiger partial charge >= 0.3 is 0 Å². The highest BCUT2D eigenvalue weighted by molar-refractivity contribution is 5.94. The highest BCUT2D eigenvalue weighted by atomic mass is 16.5. The lowest BCUT2D eigenvalue weighted by molar-refractivity contribution is -0.115. The smallest absolute Gasteiger partial charge is 0.243 e. The van der Waals surface area contributed by atoms with Crippen molar-refractivity contribution in [1.29, 1.82) is 0 Å². The highest BCUT2D eigenvalue weighted by Gasteiger charge is 2.22. The molecule has 1 aliphatic heterocycles. The molecule has 2 aromatic carbocycles. The van der Waals surface area contributed by atoms with Crippen LogP contribution in [0.3, 0.4) is 0 Å². The van der Waals surface area contributed by atoms with Crippen LogP contribution in [0.2, 0.25) is 0 Å². The second-order valence-corrected chi connectivity index (χ2v) is 8.31. The summed E-state index contributed by atoms with van der Waals surface area (Å²) in [5.41, 5.74) is 4.26. The molecular formula is C24H33N3O2. The molecule has 0 aliphatic carbocycles. The van der Waals surface area contributed by atoms with Crippen molar-refractivity contribution in [2.45, 2.75) is 52.9 Å². The Bertz CT molecular complexity index is 792. The Morgan fingerprint density at radius 1 is 1.07 bits per heavy atom. The maximum Gasteiger partial charge on any atom is 0.243 e. The normalized spacial score (nSPS) is 19.3. The first-order valence-electron chi connectivity index (χ1n) is 10.5. The molecule has 2 aromatic rings. The molecule has 0 spiro atoms. The number of benzene rings is 2. The van der Waals surface area contributed by atoms with Gasteiger partial charge in [0, 0.05) is 36.2 Å². The number of carbonyl (C=O) groups is 1. The van der Waals surface area contributed by atoms with Crippen LogP contribution in [0.25, 0.3) is 0 Å². The van der Waals surface area contributed by atoms with Crippen LogP contribution in [0.15, 0.2) is 48.5 Å². The molecule has 156 valence electrons. The molecule has 29 heavy (non-hydrogen) atoms. The van der Waals surface area contributed by atoms with Gasteiger partial charge in [0.05, 0.1) is 18.8 Å². The van der Waals surface area contributed by atoms with Gasteiger partial charge in [0.25, 0.3) is 0 Å². The topological polar surface area (TPSA) is 44.8 Å². The second-order valence-electron chi connectivity index (χ2n) is 8.31. The van der Waals surface area contributed by atoms with E-state index in [1.807, 2.05) is 12.1 Å². The summed E-state index contributed by atoms with van der Waals surface area (Å²) in [7, 11) is 0. The van der Waals surface area contributed by atoms with Gasteiger partial charge in [0.2, 0.25) is 5.91 Å². The number of amides is 1. The molecule has 5 nitrogen and oxygen atoms in total. The first-order chi connectivity index (χ1) is 13.8. The van der Waals surface area contributed by atoms with Crippen LogP contribution in [0.5, 0.6) is 0 Å². The van der Waals surface area contributed by atoms with Crippen molar-refractivity contribution in [2.75, 3.05) is 34.8 Å². The zero-order valence-electron chi connectivity index (χ0n) is 18.2. The Hall–Kier alpha value is -2.53. The Kier molecular flexibility index (Phi) is 6.80. The number of aryl methyl sites for hydroxylation is 1. The Balaban J connectivity index is 1.61. The monoisotopic (exact) mass is 395 g/mol. The lowest BCUT2D eigenvalue weighted by atomic mass is 10.2. The van der Waals surface area contributed by atoms with E-state index in [-0.39, 0.29) is 24.2 Å². The molecule has 0 bridgehead atoms. The lowest BCUT2D eigenvalue weighted by Gasteiger charge is -2.36. The fourth-order valence-corrected chi connectivity index (χ4v) is 3.81. The standard InChI is InChI=1S/C24H33N3O2/c1-17(2)27(23-10-6-18(3)7-11-23)16-24(28)25-21-8-12-22(13-9-21)26-14-19(4)29-20(5)15-26/h6-13,17,19-20H,14-16H2,1-5H3,(H,25,28). The number of anilines is 3. The van der Waals surface area contributed by atoms with E-state index in [1.165, 1.54) is 5.56 Å². The van der Waals surface area contributed by atoms with E-state index >= 15 is 0 Å². The molecule has 1 amide bonds.